The lowest BCUT2D eigenvalue weighted by Gasteiger charge is -2.18. The van der Waals surface area contributed by atoms with Gasteiger partial charge in [-0.05, 0) is 44.4 Å². The van der Waals surface area contributed by atoms with Crippen molar-refractivity contribution in [1.29, 1.82) is 0 Å². The van der Waals surface area contributed by atoms with Crippen LogP contribution in [0, 0.1) is 11.8 Å². The minimum Gasteiger partial charge on any atom is -0.103 e. The van der Waals surface area contributed by atoms with E-state index in [9.17, 15) is 0 Å². The number of hydrogen-bond donors (Lipinski definition) is 0. The molecule has 0 aliphatic carbocycles. The van der Waals surface area contributed by atoms with Crippen molar-refractivity contribution >= 4 is 0 Å². The van der Waals surface area contributed by atoms with Crippen molar-refractivity contribution in [3.8, 4) is 0 Å². The van der Waals surface area contributed by atoms with Crippen LogP contribution in [0.15, 0.2) is 24.8 Å². The molecule has 0 saturated carbocycles. The highest BCUT2D eigenvalue weighted by Crippen LogP contribution is 2.26. The molecule has 2 unspecified atom stereocenters. The molecular formula is C50H106. The van der Waals surface area contributed by atoms with E-state index in [1.165, 1.54) is 217 Å². The predicted molar refractivity (Wildman–Crippen MR) is 241 cm³/mol. The highest BCUT2D eigenvalue weighted by molar-refractivity contribution is 4.94. The van der Waals surface area contributed by atoms with Crippen LogP contribution in [0.25, 0.3) is 0 Å². The van der Waals surface area contributed by atoms with E-state index in [0.29, 0.717) is 0 Å². The summed E-state index contributed by atoms with van der Waals surface area (Å²) in [5.74, 6) is 2.01. The second-order valence-corrected chi connectivity index (χ2v) is 15.2. The molecule has 0 amide bonds. The molecule has 0 aliphatic rings. The van der Waals surface area contributed by atoms with E-state index in [4.69, 9.17) is 0 Å². The molecule has 0 rings (SSSR count). The maximum Gasteiger partial charge on any atom is -0.0320 e. The van der Waals surface area contributed by atoms with Gasteiger partial charge in [-0.3, -0.25) is 0 Å². The first kappa shape index (κ1) is 58.8. The Balaban J connectivity index is -0.000000228. The standard InChI is InChI=1S/C24H48.C18H38.C3H8.C3H6.C2H6/c1-5-8-11-13-14-17-20-24(19-16-12-9-6-2)22-21-23(4)18-15-10-7-3;1-4-7-10-11-12-14-17-18(15-9-6-3)16-13-8-5-2;2*1-3-2;1-2/h24H,4-22H2,1-3H3;18H,4-17H2,1-3H3;3H2,1-2H3;3H,1H2,2H3;1-2H3. The third-order valence-electron chi connectivity index (χ3n) is 9.62. The SMILES string of the molecule is C=C(CCCCC)CCC(CCCCCC)CCCCCCCC.C=CC.CC.CCC.CCCCCCCCC(CCCC)CCCCC. The fraction of sp³-hybridized carbons (Fsp3) is 0.920. The minimum absolute atomic E-state index is 0.968. The fourth-order valence-electron chi connectivity index (χ4n) is 6.49. The summed E-state index contributed by atoms with van der Waals surface area (Å²) in [6.07, 6.45) is 48.6. The van der Waals surface area contributed by atoms with Crippen molar-refractivity contribution in [1.82, 2.24) is 0 Å². The van der Waals surface area contributed by atoms with E-state index < -0.39 is 0 Å². The Morgan fingerprint density at radius 3 is 1.00 bits per heavy atom. The van der Waals surface area contributed by atoms with Crippen LogP contribution in [0.2, 0.25) is 0 Å². The van der Waals surface area contributed by atoms with Gasteiger partial charge in [-0.15, -0.1) is 6.58 Å². The van der Waals surface area contributed by atoms with Crippen LogP contribution in [0.1, 0.15) is 288 Å². The van der Waals surface area contributed by atoms with Crippen molar-refractivity contribution in [2.75, 3.05) is 0 Å². The van der Waals surface area contributed by atoms with Crippen LogP contribution in [0.3, 0.4) is 0 Å². The first-order chi connectivity index (χ1) is 24.4. The minimum atomic E-state index is 0.968. The Morgan fingerprint density at radius 1 is 0.380 bits per heavy atom. The second-order valence-electron chi connectivity index (χ2n) is 15.2. The molecule has 0 fully saturated rings. The van der Waals surface area contributed by atoms with E-state index in [0.717, 1.165) is 11.8 Å². The van der Waals surface area contributed by atoms with Gasteiger partial charge in [-0.1, -0.05) is 274 Å². The fourth-order valence-corrected chi connectivity index (χ4v) is 6.49. The Bertz CT molecular complexity index is 530. The lowest BCUT2D eigenvalue weighted by molar-refractivity contribution is 0.373. The van der Waals surface area contributed by atoms with E-state index in [-0.39, 0.29) is 0 Å². The summed E-state index contributed by atoms with van der Waals surface area (Å²) in [6.45, 7) is 31.7. The van der Waals surface area contributed by atoms with Crippen LogP contribution < -0.4 is 0 Å². The molecule has 0 spiro atoms. The predicted octanol–water partition coefficient (Wildman–Crippen LogP) is 20.0. The first-order valence-electron chi connectivity index (χ1n) is 23.7. The monoisotopic (exact) mass is 707 g/mol. The quantitative estimate of drug-likeness (QED) is 0.0471. The van der Waals surface area contributed by atoms with Gasteiger partial charge in [0.15, 0.2) is 0 Å². The molecule has 0 bridgehead atoms. The van der Waals surface area contributed by atoms with Gasteiger partial charge in [0, 0.05) is 0 Å². The van der Waals surface area contributed by atoms with E-state index in [2.05, 4.69) is 68.5 Å². The molecule has 0 nitrogen and oxygen atoms in total. The average molecular weight is 707 g/mol. The van der Waals surface area contributed by atoms with Gasteiger partial charge in [-0.2, -0.15) is 0 Å². The molecule has 0 aromatic heterocycles. The Labute approximate surface area is 323 Å². The van der Waals surface area contributed by atoms with Gasteiger partial charge < -0.3 is 0 Å². The largest absolute Gasteiger partial charge is 0.103 e. The van der Waals surface area contributed by atoms with Crippen molar-refractivity contribution in [2.24, 2.45) is 11.8 Å². The molecular weight excluding hydrogens is 601 g/mol. The molecule has 0 saturated heterocycles. The van der Waals surface area contributed by atoms with Gasteiger partial charge in [0.25, 0.3) is 0 Å². The summed E-state index contributed by atoms with van der Waals surface area (Å²) in [6, 6.07) is 0. The summed E-state index contributed by atoms with van der Waals surface area (Å²) in [7, 11) is 0. The number of unbranched alkanes of at least 4 members (excludes halogenated alkanes) is 18. The van der Waals surface area contributed by atoms with E-state index in [1.54, 1.807) is 6.08 Å². The molecule has 0 N–H and O–H groups in total. The molecule has 0 heteroatoms. The van der Waals surface area contributed by atoms with Gasteiger partial charge in [0.2, 0.25) is 0 Å². The van der Waals surface area contributed by atoms with Gasteiger partial charge in [0.1, 0.15) is 0 Å². The van der Waals surface area contributed by atoms with Gasteiger partial charge >= 0.3 is 0 Å². The van der Waals surface area contributed by atoms with E-state index in [1.807, 2.05) is 20.8 Å². The Kier molecular flexibility index (Phi) is 71.2. The van der Waals surface area contributed by atoms with Gasteiger partial charge in [0.05, 0.1) is 0 Å². The molecule has 306 valence electrons. The van der Waals surface area contributed by atoms with Crippen LogP contribution in [0.4, 0.5) is 0 Å². The highest BCUT2D eigenvalue weighted by atomic mass is 14.2. The zero-order valence-electron chi connectivity index (χ0n) is 38.0. The number of rotatable bonds is 33. The molecule has 0 aromatic rings. The first-order valence-corrected chi connectivity index (χ1v) is 23.7. The van der Waals surface area contributed by atoms with Crippen molar-refractivity contribution in [3.05, 3.63) is 24.8 Å². The summed E-state index contributed by atoms with van der Waals surface area (Å²) in [5, 5.41) is 0. The molecule has 0 heterocycles. The van der Waals surface area contributed by atoms with Gasteiger partial charge in [-0.25, -0.2) is 0 Å². The summed E-state index contributed by atoms with van der Waals surface area (Å²) < 4.78 is 0. The molecule has 2 atom stereocenters. The zero-order valence-corrected chi connectivity index (χ0v) is 38.0. The Morgan fingerprint density at radius 2 is 0.620 bits per heavy atom. The topological polar surface area (TPSA) is 0 Å². The Hall–Kier alpha value is -0.520. The summed E-state index contributed by atoms with van der Waals surface area (Å²) in [5.41, 5.74) is 1.52. The lowest BCUT2D eigenvalue weighted by atomic mass is 9.88. The summed E-state index contributed by atoms with van der Waals surface area (Å²) in [4.78, 5) is 0. The van der Waals surface area contributed by atoms with Crippen LogP contribution in [-0.4, -0.2) is 0 Å². The smallest absolute Gasteiger partial charge is 0.0320 e. The van der Waals surface area contributed by atoms with Crippen LogP contribution >= 0.6 is 0 Å². The normalized spacial score (nSPS) is 11.3. The highest BCUT2D eigenvalue weighted by Gasteiger charge is 2.10. The van der Waals surface area contributed by atoms with Crippen molar-refractivity contribution in [3.63, 3.8) is 0 Å². The van der Waals surface area contributed by atoms with Crippen molar-refractivity contribution < 1.29 is 0 Å². The molecule has 0 aliphatic heterocycles. The van der Waals surface area contributed by atoms with Crippen LogP contribution in [-0.2, 0) is 0 Å². The molecule has 50 heavy (non-hydrogen) atoms. The average Bonchev–Trinajstić information content (AvgIpc) is 3.12. The zero-order chi connectivity index (χ0) is 38.8. The van der Waals surface area contributed by atoms with Crippen LogP contribution in [0.5, 0.6) is 0 Å². The number of allylic oxidation sites excluding steroid dienone is 2. The number of hydrogen-bond acceptors (Lipinski definition) is 0. The maximum atomic E-state index is 4.34. The summed E-state index contributed by atoms with van der Waals surface area (Å²) >= 11 is 0. The van der Waals surface area contributed by atoms with E-state index >= 15 is 0 Å². The third-order valence-corrected chi connectivity index (χ3v) is 9.62. The second kappa shape index (κ2) is 60.6. The molecule has 0 radical (unpaired) electrons. The maximum absolute atomic E-state index is 4.34. The van der Waals surface area contributed by atoms with Crippen molar-refractivity contribution in [2.45, 2.75) is 288 Å². The third kappa shape index (κ3) is 62.6. The lowest BCUT2D eigenvalue weighted by Crippen LogP contribution is -2.02. The molecule has 0 aromatic carbocycles.